The van der Waals surface area contributed by atoms with Gasteiger partial charge in [-0.3, -0.25) is 0 Å². The van der Waals surface area contributed by atoms with Crippen LogP contribution in [0.25, 0.3) is 88.7 Å². The molecule has 0 amide bonds. The van der Waals surface area contributed by atoms with Crippen LogP contribution in [0.2, 0.25) is 0 Å². The average molecular weight is 1290 g/mol. The Hall–Kier alpha value is -10.6. The summed E-state index contributed by atoms with van der Waals surface area (Å²) >= 11 is 0. The normalized spacial score (nSPS) is 14.0. The highest BCUT2D eigenvalue weighted by atomic mass is 16.3. The van der Waals surface area contributed by atoms with Crippen LogP contribution in [0, 0.1) is 0 Å². The Morgan fingerprint density at radius 2 is 0.848 bits per heavy atom. The van der Waals surface area contributed by atoms with Crippen molar-refractivity contribution in [3.8, 4) is 56.0 Å². The lowest BCUT2D eigenvalue weighted by atomic mass is 9.43. The molecule has 0 atom stereocenters. The van der Waals surface area contributed by atoms with Gasteiger partial charge in [-0.1, -0.05) is 261 Å². The van der Waals surface area contributed by atoms with Crippen LogP contribution in [0.5, 0.6) is 0 Å². The maximum Gasteiger partial charge on any atom is 0.333 e. The standard InChI is InChI=1S/C93H84BN3O2/c1-89(2,3)60-34-41-64(42-35-60)95(65-43-36-61(37-44-65)90(4,5)6)67-47-48-68-71-52-75-80(56-77(71)93(13,14)76(68)51-67)97(66-45-38-62(39-46-66)91(7,8)9)94-78-53-72-74(87(59-30-22-17-23-31-59)99-86(72)58-28-20-16-21-29-58)54-81(78)96(79-49-40-63(92(10,11)12)50-70(79)57-26-18-15-19-27-57)82-55-73-69-32-24-25-33-83(69)98-88(73)84(75)85(82)94/h15-56H,1-14H3. The van der Waals surface area contributed by atoms with Gasteiger partial charge in [0, 0.05) is 94.6 Å². The number of fused-ring (bicyclic) bond motifs is 12. The molecule has 6 heteroatoms. The molecule has 99 heavy (non-hydrogen) atoms. The summed E-state index contributed by atoms with van der Waals surface area (Å²) in [6.45, 7) is 32.2. The third-order valence-corrected chi connectivity index (χ3v) is 21.7. The fraction of sp³-hybridized carbons (Fsp3) is 0.204. The van der Waals surface area contributed by atoms with E-state index in [2.05, 4.69) is 366 Å². The van der Waals surface area contributed by atoms with Crippen molar-refractivity contribution in [1.82, 2.24) is 0 Å². The van der Waals surface area contributed by atoms with Crippen molar-refractivity contribution in [2.45, 2.75) is 124 Å². The molecular formula is C93H84BN3O2. The van der Waals surface area contributed by atoms with Gasteiger partial charge in [-0.05, 0) is 174 Å². The summed E-state index contributed by atoms with van der Waals surface area (Å²) in [6, 6.07) is 96.0. The van der Waals surface area contributed by atoms with Gasteiger partial charge in [0.05, 0.1) is 5.69 Å². The summed E-state index contributed by atoms with van der Waals surface area (Å²) in [7, 11) is 0. The lowest BCUT2D eigenvalue weighted by Crippen LogP contribution is -2.61. The van der Waals surface area contributed by atoms with E-state index in [0.717, 1.165) is 129 Å². The maximum absolute atomic E-state index is 7.50. The van der Waals surface area contributed by atoms with Crippen LogP contribution in [0.4, 0.5) is 45.5 Å². The summed E-state index contributed by atoms with van der Waals surface area (Å²) in [4.78, 5) is 7.76. The van der Waals surface area contributed by atoms with Crippen molar-refractivity contribution in [2.24, 2.45) is 0 Å². The van der Waals surface area contributed by atoms with Gasteiger partial charge >= 0.3 is 6.85 Å². The van der Waals surface area contributed by atoms with Crippen LogP contribution in [0.1, 0.15) is 130 Å². The third-order valence-electron chi connectivity index (χ3n) is 21.7. The van der Waals surface area contributed by atoms with Gasteiger partial charge in [0.15, 0.2) is 0 Å². The van der Waals surface area contributed by atoms with Crippen LogP contribution >= 0.6 is 0 Å². The summed E-state index contributed by atoms with van der Waals surface area (Å²) in [5, 5.41) is 4.26. The Bertz CT molecular complexity index is 5480. The zero-order valence-corrected chi connectivity index (χ0v) is 59.5. The summed E-state index contributed by atoms with van der Waals surface area (Å²) < 4.78 is 14.9. The summed E-state index contributed by atoms with van der Waals surface area (Å²) in [5.74, 6) is 1.68. The van der Waals surface area contributed by atoms with E-state index in [9.17, 15) is 0 Å². The van der Waals surface area contributed by atoms with Gasteiger partial charge in [0.1, 0.15) is 22.7 Å². The Labute approximate surface area is 584 Å². The Balaban J connectivity index is 0.981. The number of furan rings is 2. The van der Waals surface area contributed by atoms with Gasteiger partial charge in [0.25, 0.3) is 0 Å². The summed E-state index contributed by atoms with van der Waals surface area (Å²) in [5.41, 5.74) is 29.2. The predicted octanol–water partition coefficient (Wildman–Crippen LogP) is 25.0. The molecule has 486 valence electrons. The van der Waals surface area contributed by atoms with Gasteiger partial charge in [0.2, 0.25) is 0 Å². The van der Waals surface area contributed by atoms with E-state index in [-0.39, 0.29) is 28.5 Å². The van der Waals surface area contributed by atoms with Gasteiger partial charge < -0.3 is 23.4 Å². The monoisotopic (exact) mass is 1290 g/mol. The number of hydrogen-bond donors (Lipinski definition) is 0. The average Bonchev–Trinajstić information content (AvgIpc) is 1.67. The molecule has 2 aromatic heterocycles. The SMILES string of the molecule is CC(C)(C)c1ccc(N2B3c4cc5c(-c6ccccc6)oc(-c6ccccc6)c5cc4N(c4ccc(C(C)(C)C)cc4-c4ccccc4)c4cc5c(oc6ccccc65)c(c43)-c3cc4c(cc32)C(C)(C)c2cc(N(c3ccc(C(C)(C)C)cc3)c3ccc(C(C)(C)C)cc3)ccc2-4)cc1. The molecule has 0 fully saturated rings. The number of benzene rings is 12. The summed E-state index contributed by atoms with van der Waals surface area (Å²) in [6.07, 6.45) is 0. The smallest absolute Gasteiger partial charge is 0.333 e. The van der Waals surface area contributed by atoms with Crippen LogP contribution < -0.4 is 25.5 Å². The second-order valence-electron chi connectivity index (χ2n) is 32.6. The number of para-hydroxylation sites is 1. The van der Waals surface area contributed by atoms with E-state index in [4.69, 9.17) is 8.83 Å². The van der Waals surface area contributed by atoms with Crippen LogP contribution in [0.3, 0.4) is 0 Å². The first kappa shape index (κ1) is 62.0. The van der Waals surface area contributed by atoms with Gasteiger partial charge in [-0.2, -0.15) is 0 Å². The van der Waals surface area contributed by atoms with Crippen molar-refractivity contribution < 1.29 is 8.83 Å². The molecule has 0 saturated heterocycles. The number of hydrogen-bond acceptors (Lipinski definition) is 5. The molecule has 4 heterocycles. The fourth-order valence-electron chi connectivity index (χ4n) is 16.2. The minimum atomic E-state index is -0.429. The maximum atomic E-state index is 7.50. The topological polar surface area (TPSA) is 36.0 Å². The molecule has 3 aliphatic rings. The van der Waals surface area contributed by atoms with Crippen molar-refractivity contribution >= 4 is 96.0 Å². The second-order valence-corrected chi connectivity index (χ2v) is 32.6. The first-order chi connectivity index (χ1) is 47.4. The molecule has 0 saturated carbocycles. The van der Waals surface area contributed by atoms with Crippen LogP contribution in [0.15, 0.2) is 264 Å². The van der Waals surface area contributed by atoms with Crippen molar-refractivity contribution in [3.63, 3.8) is 0 Å². The lowest BCUT2D eigenvalue weighted by Gasteiger charge is -2.46. The molecule has 1 aliphatic carbocycles. The number of nitrogens with zero attached hydrogens (tertiary/aromatic N) is 3. The Morgan fingerprint density at radius 3 is 1.42 bits per heavy atom. The molecular weight excluding hydrogens is 1200 g/mol. The van der Waals surface area contributed by atoms with E-state index in [1.807, 2.05) is 0 Å². The molecule has 14 aromatic rings. The van der Waals surface area contributed by atoms with E-state index in [0.29, 0.717) is 0 Å². The van der Waals surface area contributed by atoms with Crippen LogP contribution in [-0.4, -0.2) is 6.85 Å². The Kier molecular flexibility index (Phi) is 13.9. The zero-order valence-electron chi connectivity index (χ0n) is 59.5. The molecule has 0 radical (unpaired) electrons. The number of rotatable bonds is 8. The van der Waals surface area contributed by atoms with Crippen LogP contribution in [-0.2, 0) is 27.1 Å². The van der Waals surface area contributed by atoms with Gasteiger partial charge in [-0.15, -0.1) is 0 Å². The highest BCUT2D eigenvalue weighted by Crippen LogP contribution is 2.59. The molecule has 5 nitrogen and oxygen atoms in total. The lowest BCUT2D eigenvalue weighted by molar-refractivity contribution is 0.590. The molecule has 2 aliphatic heterocycles. The Morgan fingerprint density at radius 1 is 0.354 bits per heavy atom. The molecule has 0 N–H and O–H groups in total. The third kappa shape index (κ3) is 10.0. The second kappa shape index (κ2) is 22.2. The predicted molar refractivity (Wildman–Crippen MR) is 421 cm³/mol. The van der Waals surface area contributed by atoms with Crippen molar-refractivity contribution in [2.75, 3.05) is 14.6 Å². The van der Waals surface area contributed by atoms with Gasteiger partial charge in [-0.25, -0.2) is 0 Å². The van der Waals surface area contributed by atoms with E-state index < -0.39 is 5.41 Å². The molecule has 17 rings (SSSR count). The molecule has 0 spiro atoms. The van der Waals surface area contributed by atoms with Crippen molar-refractivity contribution in [3.05, 3.63) is 288 Å². The quantitative estimate of drug-likeness (QED) is 0.142. The fourth-order valence-corrected chi connectivity index (χ4v) is 16.2. The highest BCUT2D eigenvalue weighted by molar-refractivity contribution is 6.94. The van der Waals surface area contributed by atoms with Crippen molar-refractivity contribution in [1.29, 1.82) is 0 Å². The molecule has 0 bridgehead atoms. The zero-order chi connectivity index (χ0) is 68.4. The number of anilines is 8. The largest absolute Gasteiger partial charge is 0.455 e. The van der Waals surface area contributed by atoms with E-state index in [1.165, 1.54) is 50.0 Å². The molecule has 12 aromatic carbocycles. The van der Waals surface area contributed by atoms with E-state index >= 15 is 0 Å². The first-order valence-electron chi connectivity index (χ1n) is 35.3. The highest BCUT2D eigenvalue weighted by Gasteiger charge is 2.49. The first-order valence-corrected chi connectivity index (χ1v) is 35.3. The minimum absolute atomic E-state index is 0.0135. The molecule has 0 unspecified atom stereocenters. The van der Waals surface area contributed by atoms with E-state index in [1.54, 1.807) is 0 Å². The minimum Gasteiger partial charge on any atom is -0.455 e.